The van der Waals surface area contributed by atoms with E-state index in [1.807, 2.05) is 0 Å². The van der Waals surface area contributed by atoms with Crippen LogP contribution < -0.4 is 5.32 Å². The zero-order chi connectivity index (χ0) is 13.2. The van der Waals surface area contributed by atoms with Crippen LogP contribution in [0.4, 0.5) is 0 Å². The van der Waals surface area contributed by atoms with Gasteiger partial charge in [-0.05, 0) is 18.9 Å². The van der Waals surface area contributed by atoms with E-state index < -0.39 is 0 Å². The van der Waals surface area contributed by atoms with Crippen molar-refractivity contribution in [1.82, 2.24) is 15.5 Å². The lowest BCUT2D eigenvalue weighted by molar-refractivity contribution is -0.140. The number of amides is 1. The normalized spacial score (nSPS) is 9.83. The van der Waals surface area contributed by atoms with Crippen molar-refractivity contribution in [3.63, 3.8) is 0 Å². The highest BCUT2D eigenvalue weighted by Crippen LogP contribution is 2.00. The van der Waals surface area contributed by atoms with Crippen molar-refractivity contribution in [2.24, 2.45) is 0 Å². The highest BCUT2D eigenvalue weighted by Gasteiger charge is 2.04. The molecule has 0 aliphatic rings. The van der Waals surface area contributed by atoms with Gasteiger partial charge >= 0.3 is 5.97 Å². The van der Waals surface area contributed by atoms with Gasteiger partial charge in [0.2, 0.25) is 0 Å². The van der Waals surface area contributed by atoms with Crippen LogP contribution in [0.25, 0.3) is 0 Å². The molecule has 0 aliphatic carbocycles. The van der Waals surface area contributed by atoms with Crippen LogP contribution in [0.1, 0.15) is 36.0 Å². The van der Waals surface area contributed by atoms with Gasteiger partial charge in [-0.3, -0.25) is 9.59 Å². The van der Waals surface area contributed by atoms with Crippen molar-refractivity contribution >= 4 is 11.9 Å². The minimum Gasteiger partial charge on any atom is -0.469 e. The van der Waals surface area contributed by atoms with E-state index in [1.165, 1.54) is 19.5 Å². The number of rotatable bonds is 7. The first-order valence-electron chi connectivity index (χ1n) is 5.85. The molecule has 1 rings (SSSR count). The van der Waals surface area contributed by atoms with Crippen LogP contribution in [0.3, 0.4) is 0 Å². The van der Waals surface area contributed by atoms with Crippen LogP contribution in [-0.2, 0) is 9.53 Å². The number of unbranched alkanes of at least 4 members (excludes halogenated alkanes) is 2. The predicted octanol–water partition coefficient (Wildman–Crippen LogP) is 0.940. The predicted molar refractivity (Wildman–Crippen MR) is 64.8 cm³/mol. The molecule has 1 heterocycles. The van der Waals surface area contributed by atoms with E-state index in [-0.39, 0.29) is 11.9 Å². The Labute approximate surface area is 106 Å². The monoisotopic (exact) mass is 251 g/mol. The number of nitrogens with one attached hydrogen (secondary N) is 1. The largest absolute Gasteiger partial charge is 0.469 e. The molecular formula is C12H17N3O3. The second-order valence-corrected chi connectivity index (χ2v) is 3.77. The van der Waals surface area contributed by atoms with Crippen LogP contribution in [-0.4, -0.2) is 35.7 Å². The van der Waals surface area contributed by atoms with Crippen molar-refractivity contribution in [2.75, 3.05) is 13.7 Å². The summed E-state index contributed by atoms with van der Waals surface area (Å²) in [5.74, 6) is -0.347. The third-order valence-electron chi connectivity index (χ3n) is 2.42. The second kappa shape index (κ2) is 8.16. The Morgan fingerprint density at radius 2 is 2.11 bits per heavy atom. The number of hydrogen-bond acceptors (Lipinski definition) is 5. The molecule has 0 saturated heterocycles. The number of carbonyl (C=O) groups is 2. The number of ether oxygens (including phenoxy) is 1. The topological polar surface area (TPSA) is 81.2 Å². The minimum absolute atomic E-state index is 0.155. The summed E-state index contributed by atoms with van der Waals surface area (Å²) in [5.41, 5.74) is 0.500. The van der Waals surface area contributed by atoms with Gasteiger partial charge in [-0.2, -0.15) is 10.2 Å². The molecule has 0 radical (unpaired) electrons. The van der Waals surface area contributed by atoms with Crippen LogP contribution in [0.15, 0.2) is 18.5 Å². The van der Waals surface area contributed by atoms with Crippen molar-refractivity contribution in [3.8, 4) is 0 Å². The third-order valence-corrected chi connectivity index (χ3v) is 2.42. The van der Waals surface area contributed by atoms with Crippen molar-refractivity contribution in [1.29, 1.82) is 0 Å². The second-order valence-electron chi connectivity index (χ2n) is 3.77. The lowest BCUT2D eigenvalue weighted by atomic mass is 10.2. The molecule has 0 aromatic carbocycles. The fourth-order valence-corrected chi connectivity index (χ4v) is 1.40. The first-order chi connectivity index (χ1) is 8.74. The first-order valence-corrected chi connectivity index (χ1v) is 5.85. The molecule has 1 aromatic rings. The van der Waals surface area contributed by atoms with Gasteiger partial charge < -0.3 is 10.1 Å². The Morgan fingerprint density at radius 3 is 2.78 bits per heavy atom. The lowest BCUT2D eigenvalue weighted by Crippen LogP contribution is -2.24. The van der Waals surface area contributed by atoms with Crippen LogP contribution in [0.5, 0.6) is 0 Å². The molecular weight excluding hydrogens is 234 g/mol. The third kappa shape index (κ3) is 5.38. The Kier molecular flexibility index (Phi) is 6.38. The van der Waals surface area contributed by atoms with Crippen molar-refractivity contribution < 1.29 is 14.3 Å². The van der Waals surface area contributed by atoms with Gasteiger partial charge in [-0.15, -0.1) is 0 Å². The van der Waals surface area contributed by atoms with Crippen LogP contribution in [0.2, 0.25) is 0 Å². The maximum absolute atomic E-state index is 11.6. The molecule has 0 unspecified atom stereocenters. The molecule has 18 heavy (non-hydrogen) atoms. The Hall–Kier alpha value is -1.98. The molecule has 6 nitrogen and oxygen atoms in total. The van der Waals surface area contributed by atoms with E-state index in [4.69, 9.17) is 0 Å². The summed E-state index contributed by atoms with van der Waals surface area (Å²) in [6.45, 7) is 0.586. The molecule has 1 N–H and O–H groups in total. The van der Waals surface area contributed by atoms with Crippen LogP contribution in [0, 0.1) is 0 Å². The number of esters is 1. The molecule has 6 heteroatoms. The summed E-state index contributed by atoms with van der Waals surface area (Å²) in [7, 11) is 1.38. The molecule has 0 atom stereocenters. The van der Waals surface area contributed by atoms with E-state index in [9.17, 15) is 9.59 Å². The number of methoxy groups -OCH3 is 1. The quantitative estimate of drug-likeness (QED) is 0.576. The van der Waals surface area contributed by atoms with Crippen molar-refractivity contribution in [3.05, 3.63) is 24.0 Å². The van der Waals surface area contributed by atoms with E-state index in [2.05, 4.69) is 20.3 Å². The summed E-state index contributed by atoms with van der Waals surface area (Å²) in [6.07, 6.45) is 5.82. The lowest BCUT2D eigenvalue weighted by Gasteiger charge is -2.04. The van der Waals surface area contributed by atoms with E-state index >= 15 is 0 Å². The van der Waals surface area contributed by atoms with Gasteiger partial charge in [0, 0.05) is 13.0 Å². The highest BCUT2D eigenvalue weighted by atomic mass is 16.5. The summed E-state index contributed by atoms with van der Waals surface area (Å²) >= 11 is 0. The first kappa shape index (κ1) is 14.1. The zero-order valence-corrected chi connectivity index (χ0v) is 10.4. The Bertz CT molecular complexity index is 381. The van der Waals surface area contributed by atoms with E-state index in [0.717, 1.165) is 19.3 Å². The molecule has 0 bridgehead atoms. The number of hydrogen-bond donors (Lipinski definition) is 1. The average Bonchev–Trinajstić information content (AvgIpc) is 2.43. The van der Waals surface area contributed by atoms with Gasteiger partial charge in [0.1, 0.15) is 0 Å². The SMILES string of the molecule is COC(=O)CCCCCNC(=O)c1ccnnc1. The standard InChI is InChI=1S/C12H17N3O3/c1-18-11(16)5-3-2-4-7-13-12(17)10-6-8-14-15-9-10/h6,8-9H,2-5,7H2,1H3,(H,13,17). The molecule has 1 aromatic heterocycles. The summed E-state index contributed by atoms with van der Waals surface area (Å²) < 4.78 is 4.53. The summed E-state index contributed by atoms with van der Waals surface area (Å²) in [6, 6.07) is 1.61. The number of nitrogens with zero attached hydrogens (tertiary/aromatic N) is 2. The smallest absolute Gasteiger partial charge is 0.305 e. The van der Waals surface area contributed by atoms with Gasteiger partial charge in [0.15, 0.2) is 0 Å². The fourth-order valence-electron chi connectivity index (χ4n) is 1.40. The average molecular weight is 251 g/mol. The molecule has 98 valence electrons. The highest BCUT2D eigenvalue weighted by molar-refractivity contribution is 5.93. The molecule has 0 aliphatic heterocycles. The minimum atomic E-state index is -0.193. The van der Waals surface area contributed by atoms with E-state index in [0.29, 0.717) is 18.5 Å². The Morgan fingerprint density at radius 1 is 1.28 bits per heavy atom. The van der Waals surface area contributed by atoms with E-state index in [1.54, 1.807) is 6.07 Å². The van der Waals surface area contributed by atoms with Gasteiger partial charge in [0.25, 0.3) is 5.91 Å². The maximum Gasteiger partial charge on any atom is 0.305 e. The number of aromatic nitrogens is 2. The van der Waals surface area contributed by atoms with Gasteiger partial charge in [0.05, 0.1) is 25.1 Å². The fraction of sp³-hybridized carbons (Fsp3) is 0.500. The molecule has 0 fully saturated rings. The van der Waals surface area contributed by atoms with Gasteiger partial charge in [-0.25, -0.2) is 0 Å². The molecule has 1 amide bonds. The molecule has 0 saturated carbocycles. The summed E-state index contributed by atoms with van der Waals surface area (Å²) in [4.78, 5) is 22.4. The zero-order valence-electron chi connectivity index (χ0n) is 10.4. The molecule has 0 spiro atoms. The Balaban J connectivity index is 2.08. The van der Waals surface area contributed by atoms with Crippen molar-refractivity contribution in [2.45, 2.75) is 25.7 Å². The summed E-state index contributed by atoms with van der Waals surface area (Å²) in [5, 5.41) is 10.0. The maximum atomic E-state index is 11.6. The number of carbonyl (C=O) groups excluding carboxylic acids is 2. The van der Waals surface area contributed by atoms with Gasteiger partial charge in [-0.1, -0.05) is 6.42 Å². The van der Waals surface area contributed by atoms with Crippen LogP contribution >= 0.6 is 0 Å².